The van der Waals surface area contributed by atoms with Crippen molar-refractivity contribution in [3.8, 4) is 0 Å². The zero-order valence-electron chi connectivity index (χ0n) is 11.4. The lowest BCUT2D eigenvalue weighted by atomic mass is 9.75. The Hall–Kier alpha value is -1.42. The van der Waals surface area contributed by atoms with Gasteiger partial charge in [0, 0.05) is 6.04 Å². The second-order valence-electron chi connectivity index (χ2n) is 5.28. The summed E-state index contributed by atoms with van der Waals surface area (Å²) in [6.07, 6.45) is 3.37. The van der Waals surface area contributed by atoms with Gasteiger partial charge in [0.05, 0.1) is 0 Å². The molecule has 1 aromatic carbocycles. The summed E-state index contributed by atoms with van der Waals surface area (Å²) in [5, 5.41) is 13.9. The minimum absolute atomic E-state index is 0.558. The zero-order valence-corrected chi connectivity index (χ0v) is 12.2. The van der Waals surface area contributed by atoms with Crippen LogP contribution in [-0.4, -0.2) is 16.2 Å². The highest BCUT2D eigenvalue weighted by molar-refractivity contribution is 7.15. The molecular weight excluding hydrogens is 254 g/mol. The van der Waals surface area contributed by atoms with Crippen LogP contribution in [0.2, 0.25) is 0 Å². The fourth-order valence-corrected chi connectivity index (χ4v) is 3.32. The van der Waals surface area contributed by atoms with Gasteiger partial charge in [-0.15, -0.1) is 10.2 Å². The Morgan fingerprint density at radius 1 is 1.32 bits per heavy atom. The molecule has 3 rings (SSSR count). The molecule has 1 aromatic heterocycles. The summed E-state index contributed by atoms with van der Waals surface area (Å²) in [4.78, 5) is 0. The molecule has 0 aliphatic heterocycles. The summed E-state index contributed by atoms with van der Waals surface area (Å²) in [5.41, 5.74) is 2.83. The van der Waals surface area contributed by atoms with Crippen LogP contribution in [0.3, 0.4) is 0 Å². The molecule has 4 heteroatoms. The van der Waals surface area contributed by atoms with Gasteiger partial charge in [-0.3, -0.25) is 0 Å². The maximum absolute atomic E-state index is 4.18. The molecule has 0 unspecified atom stereocenters. The van der Waals surface area contributed by atoms with E-state index in [1.54, 1.807) is 11.3 Å². The third kappa shape index (κ3) is 2.78. The normalized spacial score (nSPS) is 22.0. The Bertz CT molecular complexity index is 558. The molecule has 0 radical (unpaired) electrons. The number of aromatic nitrogens is 2. The van der Waals surface area contributed by atoms with Crippen molar-refractivity contribution in [2.24, 2.45) is 0 Å². The zero-order chi connectivity index (χ0) is 13.2. The van der Waals surface area contributed by atoms with Crippen LogP contribution >= 0.6 is 11.3 Å². The molecule has 1 heterocycles. The number of rotatable bonds is 4. The fraction of sp³-hybridized carbons (Fsp3) is 0.467. The van der Waals surface area contributed by atoms with E-state index < -0.39 is 0 Å². The first-order valence-corrected chi connectivity index (χ1v) is 7.71. The van der Waals surface area contributed by atoms with Gasteiger partial charge in [-0.05, 0) is 37.7 Å². The second kappa shape index (κ2) is 5.29. The summed E-state index contributed by atoms with van der Waals surface area (Å²) in [7, 11) is 0. The predicted octanol–water partition coefficient (Wildman–Crippen LogP) is 3.77. The van der Waals surface area contributed by atoms with Crippen molar-refractivity contribution >= 4 is 16.5 Å². The molecule has 1 aliphatic rings. The van der Waals surface area contributed by atoms with E-state index in [2.05, 4.69) is 53.6 Å². The topological polar surface area (TPSA) is 37.8 Å². The maximum atomic E-state index is 4.18. The Morgan fingerprint density at radius 3 is 2.84 bits per heavy atom. The fourth-order valence-electron chi connectivity index (χ4n) is 2.56. The Kier molecular flexibility index (Phi) is 3.51. The quantitative estimate of drug-likeness (QED) is 0.921. The molecule has 100 valence electrons. The number of nitrogens with zero attached hydrogens (tertiary/aromatic N) is 2. The minimum Gasteiger partial charge on any atom is -0.357 e. The van der Waals surface area contributed by atoms with Gasteiger partial charge in [0.25, 0.3) is 0 Å². The molecule has 0 amide bonds. The van der Waals surface area contributed by atoms with Crippen molar-refractivity contribution in [2.45, 2.75) is 45.1 Å². The van der Waals surface area contributed by atoms with Crippen LogP contribution in [0.25, 0.3) is 0 Å². The Morgan fingerprint density at radius 2 is 2.16 bits per heavy atom. The Balaban J connectivity index is 1.55. The number of nitrogens with one attached hydrogen (secondary N) is 1. The average Bonchev–Trinajstić information content (AvgIpc) is 2.81. The second-order valence-corrected chi connectivity index (χ2v) is 6.34. The van der Waals surface area contributed by atoms with Crippen molar-refractivity contribution in [2.75, 3.05) is 5.32 Å². The lowest BCUT2D eigenvalue weighted by Crippen LogP contribution is -2.33. The van der Waals surface area contributed by atoms with Gasteiger partial charge in [0.1, 0.15) is 5.01 Å². The van der Waals surface area contributed by atoms with Crippen molar-refractivity contribution in [3.05, 3.63) is 40.4 Å². The van der Waals surface area contributed by atoms with E-state index in [1.807, 2.05) is 0 Å². The number of benzene rings is 1. The first-order valence-electron chi connectivity index (χ1n) is 6.90. The van der Waals surface area contributed by atoms with Crippen LogP contribution in [0.4, 0.5) is 5.13 Å². The van der Waals surface area contributed by atoms with E-state index in [4.69, 9.17) is 0 Å². The number of aryl methyl sites for hydroxylation is 2. The van der Waals surface area contributed by atoms with Gasteiger partial charge in [0.2, 0.25) is 5.13 Å². The molecule has 1 fully saturated rings. The summed E-state index contributed by atoms with van der Waals surface area (Å²) < 4.78 is 0. The highest BCUT2D eigenvalue weighted by Gasteiger charge is 2.30. The van der Waals surface area contributed by atoms with Gasteiger partial charge < -0.3 is 5.32 Å². The van der Waals surface area contributed by atoms with E-state index in [0.717, 1.165) is 16.6 Å². The lowest BCUT2D eigenvalue weighted by Gasteiger charge is -2.36. The minimum atomic E-state index is 0.558. The average molecular weight is 273 g/mol. The molecule has 19 heavy (non-hydrogen) atoms. The molecule has 0 bridgehead atoms. The monoisotopic (exact) mass is 273 g/mol. The summed E-state index contributed by atoms with van der Waals surface area (Å²) in [5.74, 6) is 0.705. The van der Waals surface area contributed by atoms with Crippen molar-refractivity contribution < 1.29 is 0 Å². The molecule has 1 aliphatic carbocycles. The molecule has 0 spiro atoms. The third-order valence-corrected chi connectivity index (χ3v) is 4.75. The van der Waals surface area contributed by atoms with Crippen molar-refractivity contribution in [1.82, 2.24) is 10.2 Å². The predicted molar refractivity (Wildman–Crippen MR) is 79.9 cm³/mol. The molecule has 1 N–H and O–H groups in total. The van der Waals surface area contributed by atoms with Gasteiger partial charge in [-0.1, -0.05) is 48.1 Å². The van der Waals surface area contributed by atoms with Crippen LogP contribution in [0.15, 0.2) is 24.3 Å². The summed E-state index contributed by atoms with van der Waals surface area (Å²) in [6, 6.07) is 9.42. The number of hydrogen-bond acceptors (Lipinski definition) is 4. The van der Waals surface area contributed by atoms with Gasteiger partial charge in [0.15, 0.2) is 0 Å². The van der Waals surface area contributed by atoms with Crippen LogP contribution in [0, 0.1) is 6.92 Å². The van der Waals surface area contributed by atoms with E-state index in [1.165, 1.54) is 24.0 Å². The van der Waals surface area contributed by atoms with E-state index in [0.29, 0.717) is 12.0 Å². The number of anilines is 1. The number of hydrogen-bond donors (Lipinski definition) is 1. The lowest BCUT2D eigenvalue weighted by molar-refractivity contribution is 0.374. The molecule has 0 saturated heterocycles. The molecule has 0 atom stereocenters. The van der Waals surface area contributed by atoms with E-state index in [-0.39, 0.29) is 0 Å². The van der Waals surface area contributed by atoms with Crippen molar-refractivity contribution in [1.29, 1.82) is 0 Å². The molecule has 1 saturated carbocycles. The van der Waals surface area contributed by atoms with E-state index in [9.17, 15) is 0 Å². The maximum Gasteiger partial charge on any atom is 0.205 e. The summed E-state index contributed by atoms with van der Waals surface area (Å²) in [6.45, 7) is 4.27. The largest absolute Gasteiger partial charge is 0.357 e. The van der Waals surface area contributed by atoms with Gasteiger partial charge in [-0.25, -0.2) is 0 Å². The smallest absolute Gasteiger partial charge is 0.205 e. The third-order valence-electron chi connectivity index (χ3n) is 3.75. The van der Waals surface area contributed by atoms with Crippen LogP contribution in [-0.2, 0) is 6.42 Å². The van der Waals surface area contributed by atoms with Crippen LogP contribution < -0.4 is 5.32 Å². The van der Waals surface area contributed by atoms with E-state index >= 15 is 0 Å². The summed E-state index contributed by atoms with van der Waals surface area (Å²) >= 11 is 1.68. The highest BCUT2D eigenvalue weighted by Crippen LogP contribution is 2.38. The van der Waals surface area contributed by atoms with Crippen molar-refractivity contribution in [3.63, 3.8) is 0 Å². The molecule has 3 nitrogen and oxygen atoms in total. The SMILES string of the molecule is CCc1nnc(NC2CC(c3cccc(C)c3)C2)s1. The van der Waals surface area contributed by atoms with Gasteiger partial charge >= 0.3 is 0 Å². The molecular formula is C15H19N3S. The first-order chi connectivity index (χ1) is 9.24. The van der Waals surface area contributed by atoms with Crippen LogP contribution in [0.1, 0.15) is 41.8 Å². The van der Waals surface area contributed by atoms with Gasteiger partial charge in [-0.2, -0.15) is 0 Å². The first kappa shape index (κ1) is 12.6. The standard InChI is InChI=1S/C15H19N3S/c1-3-14-17-18-15(19-14)16-13-8-12(9-13)11-6-4-5-10(2)7-11/h4-7,12-13H,3,8-9H2,1-2H3,(H,16,18). The Labute approximate surface area is 118 Å². The highest BCUT2D eigenvalue weighted by atomic mass is 32.1. The molecule has 2 aromatic rings. The van der Waals surface area contributed by atoms with Crippen LogP contribution in [0.5, 0.6) is 0 Å².